The molecule has 6 rings (SSSR count). The van der Waals surface area contributed by atoms with Crippen molar-refractivity contribution in [3.63, 3.8) is 0 Å². The molecule has 2 amide bonds. The predicted molar refractivity (Wildman–Crippen MR) is 300 cm³/mol. The van der Waals surface area contributed by atoms with E-state index in [1.165, 1.54) is 6.08 Å². The van der Waals surface area contributed by atoms with Gasteiger partial charge in [-0.25, -0.2) is 9.83 Å². The van der Waals surface area contributed by atoms with Crippen molar-refractivity contribution in [2.45, 2.75) is 71.0 Å². The van der Waals surface area contributed by atoms with E-state index in [9.17, 15) is 14.4 Å². The van der Waals surface area contributed by atoms with Crippen LogP contribution in [0.4, 0.5) is 11.4 Å². The molecule has 1 aliphatic rings. The third-order valence-electron chi connectivity index (χ3n) is 12.3. The van der Waals surface area contributed by atoms with E-state index in [4.69, 9.17) is 51.3 Å². The van der Waals surface area contributed by atoms with Crippen LogP contribution in [0.5, 0.6) is 5.75 Å². The number of aromatic nitrogens is 1. The van der Waals surface area contributed by atoms with Crippen LogP contribution < -0.4 is 20.3 Å². The smallest absolute Gasteiger partial charge is 0.252 e. The summed E-state index contributed by atoms with van der Waals surface area (Å²) in [5.41, 5.74) is 6.98. The molecule has 3 atom stereocenters. The number of carbonyl (C=O) groups is 3. The number of carbonyl (C=O) groups excluding carboxylic acids is 3. The van der Waals surface area contributed by atoms with Crippen LogP contribution in [0, 0.1) is 6.57 Å². The average molecular weight is 1120 g/mol. The Bertz CT molecular complexity index is 2670. The van der Waals surface area contributed by atoms with Crippen molar-refractivity contribution in [2.75, 3.05) is 96.1 Å². The van der Waals surface area contributed by atoms with Crippen molar-refractivity contribution < 1.29 is 47.5 Å². The number of hydrogen-bond donors (Lipinski definition) is 2. The Kier molecular flexibility index (Phi) is 25.4. The Balaban J connectivity index is 0.731. The molecule has 4 aromatic carbocycles. The molecule has 0 spiro atoms. The maximum atomic E-state index is 13.0. The van der Waals surface area contributed by atoms with E-state index in [2.05, 4.69) is 49.4 Å². The average Bonchev–Trinajstić information content (AvgIpc) is 3.43. The van der Waals surface area contributed by atoms with Crippen LogP contribution in [-0.4, -0.2) is 115 Å². The number of nitrogens with one attached hydrogen (secondary N) is 2. The fourth-order valence-corrected chi connectivity index (χ4v) is 9.07. The first-order chi connectivity index (χ1) is 37.0. The minimum absolute atomic E-state index is 0.00427. The molecule has 76 heavy (non-hydrogen) atoms. The molecule has 0 unspecified atom stereocenters. The minimum Gasteiger partial charge on any atom is -0.491 e. The first kappa shape index (κ1) is 59.2. The second-order valence-corrected chi connectivity index (χ2v) is 19.2. The van der Waals surface area contributed by atoms with E-state index in [0.717, 1.165) is 46.5 Å². The van der Waals surface area contributed by atoms with E-state index >= 15 is 0 Å². The molecule has 15 nitrogen and oxygen atoms in total. The number of benzene rings is 4. The molecule has 0 radical (unpaired) electrons. The summed E-state index contributed by atoms with van der Waals surface area (Å²) in [5.74, 6) is 0.319. The molecule has 0 aliphatic carbocycles. The van der Waals surface area contributed by atoms with Crippen molar-refractivity contribution in [1.82, 2.24) is 10.3 Å². The molecule has 1 aromatic heterocycles. The summed E-state index contributed by atoms with van der Waals surface area (Å²) in [6.45, 7) is 18.9. The van der Waals surface area contributed by atoms with Crippen LogP contribution in [0.15, 0.2) is 119 Å². The number of fused-ring (bicyclic) bond motifs is 1. The second-order valence-electron chi connectivity index (χ2n) is 18.0. The topological polar surface area (TPSA) is 160 Å². The lowest BCUT2D eigenvalue weighted by molar-refractivity contribution is -0.118. The SMILES string of the molecule is [C-]#[N+]/C(=C\c1cccc(Br)n1)C(=O)N[C@@H](CCC)c1ccc(OCCOCCOCCOCCOCCOCCOCCCC(=O)c2ccc(-c3ccc4c(c3)[C@H](Nc3ccc(Cl)cc3)C[C@H](C)N4C(C)=O)cc2)cc1. The number of anilines is 2. The Morgan fingerprint density at radius 1 is 0.776 bits per heavy atom. The van der Waals surface area contributed by atoms with Gasteiger partial charge >= 0.3 is 0 Å². The van der Waals surface area contributed by atoms with Gasteiger partial charge in [0.25, 0.3) is 11.6 Å². The number of Topliss-reactive ketones (excluding diaryl/α,β-unsaturated/α-hetero) is 1. The van der Waals surface area contributed by atoms with Gasteiger partial charge in [-0.3, -0.25) is 14.4 Å². The molecule has 404 valence electrons. The van der Waals surface area contributed by atoms with Gasteiger partial charge in [-0.2, -0.15) is 0 Å². The molecule has 2 heterocycles. The zero-order chi connectivity index (χ0) is 53.9. The number of ether oxygens (including phenoxy) is 7. The van der Waals surface area contributed by atoms with Crippen molar-refractivity contribution in [3.8, 4) is 16.9 Å². The number of rotatable bonds is 33. The van der Waals surface area contributed by atoms with E-state index in [-0.39, 0.29) is 35.5 Å². The molecule has 1 aliphatic heterocycles. The van der Waals surface area contributed by atoms with Crippen LogP contribution in [0.1, 0.15) is 92.1 Å². The molecule has 0 saturated heterocycles. The minimum atomic E-state index is -0.447. The molecule has 0 bridgehead atoms. The van der Waals surface area contributed by atoms with Gasteiger partial charge < -0.3 is 48.7 Å². The fourth-order valence-electron chi connectivity index (χ4n) is 8.59. The molecule has 5 aromatic rings. The van der Waals surface area contributed by atoms with Gasteiger partial charge in [0.2, 0.25) is 5.91 Å². The number of halogens is 2. The van der Waals surface area contributed by atoms with Crippen molar-refractivity contribution in [1.29, 1.82) is 0 Å². The van der Waals surface area contributed by atoms with Crippen LogP contribution in [0.25, 0.3) is 22.0 Å². The molecule has 0 fully saturated rings. The van der Waals surface area contributed by atoms with E-state index in [1.54, 1.807) is 25.1 Å². The van der Waals surface area contributed by atoms with E-state index in [0.29, 0.717) is 132 Å². The third-order valence-corrected chi connectivity index (χ3v) is 13.0. The highest BCUT2D eigenvalue weighted by atomic mass is 79.9. The highest BCUT2D eigenvalue weighted by Crippen LogP contribution is 2.41. The Hall–Kier alpha value is -6.00. The summed E-state index contributed by atoms with van der Waals surface area (Å²) in [5, 5.41) is 7.32. The highest BCUT2D eigenvalue weighted by Gasteiger charge is 2.33. The Labute approximate surface area is 460 Å². The van der Waals surface area contributed by atoms with Gasteiger partial charge in [0, 0.05) is 48.0 Å². The summed E-state index contributed by atoms with van der Waals surface area (Å²) in [6.07, 6.45) is 4.79. The first-order valence-corrected chi connectivity index (χ1v) is 27.0. The number of pyridine rings is 1. The van der Waals surface area contributed by atoms with Crippen LogP contribution in [0.3, 0.4) is 0 Å². The number of nitrogens with zero attached hydrogens (tertiary/aromatic N) is 3. The van der Waals surface area contributed by atoms with Gasteiger partial charge in [0.15, 0.2) is 5.78 Å². The van der Waals surface area contributed by atoms with Crippen LogP contribution in [-0.2, 0) is 38.0 Å². The van der Waals surface area contributed by atoms with Crippen molar-refractivity contribution in [3.05, 3.63) is 158 Å². The zero-order valence-corrected chi connectivity index (χ0v) is 46.0. The number of amides is 2. The molecule has 2 N–H and O–H groups in total. The van der Waals surface area contributed by atoms with Crippen molar-refractivity contribution in [2.24, 2.45) is 0 Å². The van der Waals surface area contributed by atoms with E-state index in [1.807, 2.05) is 96.8 Å². The standard InChI is InChI=1S/C59H69BrClN5O10/c1-5-8-53(65-59(69)55(62-4)41-50-9-6-11-58(60)64-50)45-16-23-51(24-17-45)76-38-37-75-36-35-74-34-33-73-32-31-72-30-29-71-28-27-70-26-7-10-57(68)46-14-12-44(13-15-46)47-18-25-56-52(40-47)54(39-42(2)66(56)43(3)67)63-49-21-19-48(61)20-22-49/h6,9,11-25,40-42,53-54,63H,5,7-8,10,26-39H2,1-3H3,(H,65,69)/b55-41-/t42-,53-,54+/m0/s1. The normalized spacial score (nSPS) is 14.6. The summed E-state index contributed by atoms with van der Waals surface area (Å²) < 4.78 is 40.1. The van der Waals surface area contributed by atoms with Crippen LogP contribution in [0.2, 0.25) is 5.02 Å². The fraction of sp³-hybridized carbons (Fsp3) is 0.407. The molecule has 0 saturated carbocycles. The lowest BCUT2D eigenvalue weighted by Gasteiger charge is -2.39. The second kappa shape index (κ2) is 32.6. The van der Waals surface area contributed by atoms with Gasteiger partial charge in [-0.15, -0.1) is 0 Å². The largest absolute Gasteiger partial charge is 0.491 e. The van der Waals surface area contributed by atoms with Crippen LogP contribution >= 0.6 is 27.5 Å². The van der Waals surface area contributed by atoms with Gasteiger partial charge in [0.1, 0.15) is 17.0 Å². The number of ketones is 1. The van der Waals surface area contributed by atoms with Gasteiger partial charge in [-0.05, 0) is 131 Å². The maximum absolute atomic E-state index is 13.0. The number of hydrogen-bond acceptors (Lipinski definition) is 12. The lowest BCUT2D eigenvalue weighted by atomic mass is 9.88. The first-order valence-electron chi connectivity index (χ1n) is 25.8. The quantitative estimate of drug-likeness (QED) is 0.0135. The van der Waals surface area contributed by atoms with E-state index < -0.39 is 5.91 Å². The summed E-state index contributed by atoms with van der Waals surface area (Å²) in [7, 11) is 0. The summed E-state index contributed by atoms with van der Waals surface area (Å²) in [4.78, 5) is 48.3. The molecule has 17 heteroatoms. The monoisotopic (exact) mass is 1120 g/mol. The summed E-state index contributed by atoms with van der Waals surface area (Å²) >= 11 is 9.45. The molecular formula is C59H69BrClN5O10. The van der Waals surface area contributed by atoms with Crippen molar-refractivity contribution >= 4 is 62.6 Å². The highest BCUT2D eigenvalue weighted by molar-refractivity contribution is 9.10. The maximum Gasteiger partial charge on any atom is 0.252 e. The Morgan fingerprint density at radius 2 is 1.37 bits per heavy atom. The van der Waals surface area contributed by atoms with Gasteiger partial charge in [0.05, 0.1) is 97.0 Å². The third kappa shape index (κ3) is 19.5. The zero-order valence-electron chi connectivity index (χ0n) is 43.6. The summed E-state index contributed by atoms with van der Waals surface area (Å²) in [6, 6.07) is 34.2. The lowest BCUT2D eigenvalue weighted by Crippen LogP contribution is -2.43. The molecular weight excluding hydrogens is 1050 g/mol. The van der Waals surface area contributed by atoms with Gasteiger partial charge in [-0.1, -0.05) is 73.5 Å². The predicted octanol–water partition coefficient (Wildman–Crippen LogP) is 11.5. The Morgan fingerprint density at radius 3 is 1.95 bits per heavy atom.